The largest absolute Gasteiger partial charge is 0.383 e. The molecule has 162 valence electrons. The molecule has 1 amide bonds. The first-order valence-electron chi connectivity index (χ1n) is 10.3. The van der Waals surface area contributed by atoms with Crippen molar-refractivity contribution < 1.29 is 13.9 Å². The molecule has 0 aliphatic carbocycles. The van der Waals surface area contributed by atoms with Crippen molar-refractivity contribution in [3.8, 4) is 11.1 Å². The summed E-state index contributed by atoms with van der Waals surface area (Å²) in [6.07, 6.45) is 6.77. The average Bonchev–Trinajstić information content (AvgIpc) is 2.83. The van der Waals surface area contributed by atoms with E-state index >= 15 is 0 Å². The molecule has 1 aromatic carbocycles. The van der Waals surface area contributed by atoms with E-state index in [0.29, 0.717) is 17.7 Å². The second-order valence-electron chi connectivity index (χ2n) is 7.51. The van der Waals surface area contributed by atoms with Gasteiger partial charge in [-0.15, -0.1) is 0 Å². The maximum absolute atomic E-state index is 14.4. The highest BCUT2D eigenvalue weighted by Gasteiger charge is 2.25. The molecule has 4 aromatic rings. The van der Waals surface area contributed by atoms with Gasteiger partial charge < -0.3 is 9.64 Å². The summed E-state index contributed by atoms with van der Waals surface area (Å²) in [7, 11) is 1.57. The molecule has 0 saturated heterocycles. The van der Waals surface area contributed by atoms with Crippen molar-refractivity contribution in [2.75, 3.05) is 13.7 Å². The van der Waals surface area contributed by atoms with Crippen molar-refractivity contribution in [3.05, 3.63) is 90.4 Å². The number of ether oxygens (including phenoxy) is 1. The molecule has 0 aliphatic heterocycles. The van der Waals surface area contributed by atoms with Crippen molar-refractivity contribution in [1.82, 2.24) is 19.9 Å². The van der Waals surface area contributed by atoms with Crippen LogP contribution in [0, 0.1) is 5.82 Å². The molecule has 0 saturated carbocycles. The molecule has 0 N–H and O–H groups in total. The maximum atomic E-state index is 14.4. The van der Waals surface area contributed by atoms with E-state index in [4.69, 9.17) is 4.74 Å². The molecule has 1 atom stereocenters. The summed E-state index contributed by atoms with van der Waals surface area (Å²) >= 11 is 0. The molecule has 0 fully saturated rings. The van der Waals surface area contributed by atoms with Gasteiger partial charge in [0.25, 0.3) is 5.91 Å². The zero-order valence-corrected chi connectivity index (χ0v) is 17.9. The van der Waals surface area contributed by atoms with Crippen LogP contribution in [0.3, 0.4) is 0 Å². The number of halogens is 1. The molecule has 0 spiro atoms. The number of benzene rings is 1. The number of hydrogen-bond donors (Lipinski definition) is 0. The predicted octanol–water partition coefficient (Wildman–Crippen LogP) is 4.51. The van der Waals surface area contributed by atoms with Gasteiger partial charge in [0.1, 0.15) is 11.5 Å². The number of amides is 1. The Balaban J connectivity index is 1.80. The molecule has 6 nitrogen and oxygen atoms in total. The number of carbonyl (C=O) groups excluding carboxylic acids is 1. The Kier molecular flexibility index (Phi) is 6.47. The van der Waals surface area contributed by atoms with E-state index in [1.807, 2.05) is 19.1 Å². The normalized spacial score (nSPS) is 12.0. The fourth-order valence-electron chi connectivity index (χ4n) is 3.66. The SMILES string of the molecule is COC[C@H](C)N(Cc1ccccc1F)C(=O)c1cc(-c2ccncc2)c2cnccc2n1. The minimum Gasteiger partial charge on any atom is -0.383 e. The van der Waals surface area contributed by atoms with Gasteiger partial charge in [0.05, 0.1) is 18.2 Å². The van der Waals surface area contributed by atoms with Crippen LogP contribution in [-0.4, -0.2) is 45.5 Å². The summed E-state index contributed by atoms with van der Waals surface area (Å²) < 4.78 is 19.6. The van der Waals surface area contributed by atoms with Gasteiger partial charge in [-0.3, -0.25) is 14.8 Å². The van der Waals surface area contributed by atoms with Crippen LogP contribution in [0.5, 0.6) is 0 Å². The van der Waals surface area contributed by atoms with Crippen LogP contribution >= 0.6 is 0 Å². The van der Waals surface area contributed by atoms with Gasteiger partial charge in [-0.1, -0.05) is 18.2 Å². The van der Waals surface area contributed by atoms with Crippen LogP contribution in [0.2, 0.25) is 0 Å². The highest BCUT2D eigenvalue weighted by Crippen LogP contribution is 2.28. The van der Waals surface area contributed by atoms with Gasteiger partial charge >= 0.3 is 0 Å². The number of rotatable bonds is 7. The highest BCUT2D eigenvalue weighted by atomic mass is 19.1. The van der Waals surface area contributed by atoms with Gasteiger partial charge in [-0.25, -0.2) is 9.37 Å². The van der Waals surface area contributed by atoms with Gasteiger partial charge in [0.2, 0.25) is 0 Å². The Hall–Kier alpha value is -3.71. The molecule has 0 aliphatic rings. The van der Waals surface area contributed by atoms with Crippen LogP contribution < -0.4 is 0 Å². The summed E-state index contributed by atoms with van der Waals surface area (Å²) in [6.45, 7) is 2.29. The Morgan fingerprint density at radius 3 is 2.59 bits per heavy atom. The first kappa shape index (κ1) is 21.5. The van der Waals surface area contributed by atoms with E-state index < -0.39 is 0 Å². The summed E-state index contributed by atoms with van der Waals surface area (Å²) in [5.41, 5.74) is 3.10. The number of nitrogens with zero attached hydrogens (tertiary/aromatic N) is 4. The molecule has 0 unspecified atom stereocenters. The zero-order chi connectivity index (χ0) is 22.5. The molecule has 32 heavy (non-hydrogen) atoms. The summed E-state index contributed by atoms with van der Waals surface area (Å²) in [5.74, 6) is -0.656. The molecule has 7 heteroatoms. The van der Waals surface area contributed by atoms with Crippen LogP contribution in [0.1, 0.15) is 23.0 Å². The predicted molar refractivity (Wildman–Crippen MR) is 120 cm³/mol. The van der Waals surface area contributed by atoms with E-state index in [1.54, 1.807) is 67.1 Å². The number of aromatic nitrogens is 3. The van der Waals surface area contributed by atoms with Crippen LogP contribution in [0.15, 0.2) is 73.3 Å². The summed E-state index contributed by atoms with van der Waals surface area (Å²) in [5, 5.41) is 0.834. The van der Waals surface area contributed by atoms with Crippen molar-refractivity contribution >= 4 is 16.8 Å². The Morgan fingerprint density at radius 1 is 1.09 bits per heavy atom. The zero-order valence-electron chi connectivity index (χ0n) is 17.9. The number of pyridine rings is 3. The monoisotopic (exact) mass is 430 g/mol. The minimum absolute atomic E-state index is 0.108. The average molecular weight is 430 g/mol. The van der Waals surface area contributed by atoms with E-state index in [0.717, 1.165) is 16.5 Å². The van der Waals surface area contributed by atoms with Crippen molar-refractivity contribution in [2.45, 2.75) is 19.5 Å². The molecule has 3 heterocycles. The lowest BCUT2D eigenvalue weighted by Crippen LogP contribution is -2.41. The Bertz CT molecular complexity index is 1230. The lowest BCUT2D eigenvalue weighted by molar-refractivity contribution is 0.0534. The minimum atomic E-state index is -0.357. The summed E-state index contributed by atoms with van der Waals surface area (Å²) in [6, 6.07) is 13.5. The van der Waals surface area contributed by atoms with Crippen LogP contribution in [0.4, 0.5) is 4.39 Å². The van der Waals surface area contributed by atoms with E-state index in [1.165, 1.54) is 6.07 Å². The van der Waals surface area contributed by atoms with Crippen LogP contribution in [0.25, 0.3) is 22.0 Å². The first-order chi connectivity index (χ1) is 15.6. The maximum Gasteiger partial charge on any atom is 0.273 e. The van der Waals surface area contributed by atoms with Gasteiger partial charge in [0.15, 0.2) is 0 Å². The first-order valence-corrected chi connectivity index (χ1v) is 10.3. The third kappa shape index (κ3) is 4.48. The molecular formula is C25H23FN4O2. The fourth-order valence-corrected chi connectivity index (χ4v) is 3.66. The third-order valence-corrected chi connectivity index (χ3v) is 5.32. The molecule has 3 aromatic heterocycles. The van der Waals surface area contributed by atoms with Crippen molar-refractivity contribution in [2.24, 2.45) is 0 Å². The standard InChI is InChI=1S/C25H23FN4O2/c1-17(16-32-2)30(15-19-5-3-4-6-22(19)26)25(31)24-13-20(18-7-10-27-11-8-18)21-14-28-12-9-23(21)29-24/h3-14,17H,15-16H2,1-2H3/t17-/m0/s1. The highest BCUT2D eigenvalue weighted by molar-refractivity contribution is 6.01. The second-order valence-corrected chi connectivity index (χ2v) is 7.51. The van der Waals surface area contributed by atoms with Gasteiger partial charge in [-0.2, -0.15) is 0 Å². The fraction of sp³-hybridized carbons (Fsp3) is 0.200. The quantitative estimate of drug-likeness (QED) is 0.432. The van der Waals surface area contributed by atoms with Gasteiger partial charge in [0, 0.05) is 49.4 Å². The second kappa shape index (κ2) is 9.62. The summed E-state index contributed by atoms with van der Waals surface area (Å²) in [4.78, 5) is 28.2. The molecule has 4 rings (SSSR count). The lowest BCUT2D eigenvalue weighted by atomic mass is 10.0. The lowest BCUT2D eigenvalue weighted by Gasteiger charge is -2.29. The third-order valence-electron chi connectivity index (χ3n) is 5.32. The van der Waals surface area contributed by atoms with E-state index in [9.17, 15) is 9.18 Å². The number of methoxy groups -OCH3 is 1. The Morgan fingerprint density at radius 2 is 1.84 bits per heavy atom. The van der Waals surface area contributed by atoms with E-state index in [-0.39, 0.29) is 30.0 Å². The number of carbonyl (C=O) groups is 1. The van der Waals surface area contributed by atoms with E-state index in [2.05, 4.69) is 15.0 Å². The molecule has 0 radical (unpaired) electrons. The van der Waals surface area contributed by atoms with Gasteiger partial charge in [-0.05, 0) is 48.4 Å². The number of hydrogen-bond acceptors (Lipinski definition) is 5. The molecular weight excluding hydrogens is 407 g/mol. The Labute approximate surface area is 185 Å². The smallest absolute Gasteiger partial charge is 0.273 e. The number of fused-ring (bicyclic) bond motifs is 1. The van der Waals surface area contributed by atoms with Crippen molar-refractivity contribution in [3.63, 3.8) is 0 Å². The van der Waals surface area contributed by atoms with Crippen molar-refractivity contribution in [1.29, 1.82) is 0 Å². The van der Waals surface area contributed by atoms with Crippen LogP contribution in [-0.2, 0) is 11.3 Å². The molecule has 0 bridgehead atoms. The topological polar surface area (TPSA) is 68.2 Å².